The molecule has 17 heavy (non-hydrogen) atoms. The number of hydrogen-bond donors (Lipinski definition) is 2. The van der Waals surface area contributed by atoms with E-state index in [2.05, 4.69) is 5.32 Å². The Bertz CT molecular complexity index is 380. The molecule has 0 saturated heterocycles. The fraction of sp³-hybridized carbons (Fsp3) is 0.909. The Kier molecular flexibility index (Phi) is 4.76. The highest BCUT2D eigenvalue weighted by Crippen LogP contribution is 2.28. The highest BCUT2D eigenvalue weighted by atomic mass is 32.2. The molecule has 0 saturated carbocycles. The number of nitrogens with one attached hydrogen (secondary N) is 1. The van der Waals surface area contributed by atoms with E-state index in [1.54, 1.807) is 34.6 Å². The first kappa shape index (κ1) is 16.4. The number of sulfone groups is 1. The van der Waals surface area contributed by atoms with Crippen molar-refractivity contribution in [1.29, 1.82) is 0 Å². The molecule has 0 aromatic heterocycles. The Morgan fingerprint density at radius 3 is 2.00 bits per heavy atom. The third-order valence-electron chi connectivity index (χ3n) is 3.11. The molecule has 0 fully saturated rings. The SMILES string of the molecule is CC(CS(C)(=O)=O)NC(=O)C(C)(C)C(C)(C)N. The van der Waals surface area contributed by atoms with E-state index in [0.717, 1.165) is 6.26 Å². The van der Waals surface area contributed by atoms with Crippen molar-refractivity contribution in [3.8, 4) is 0 Å². The fourth-order valence-corrected chi connectivity index (χ4v) is 2.18. The van der Waals surface area contributed by atoms with Crippen LogP contribution in [0.15, 0.2) is 0 Å². The molecule has 102 valence electrons. The summed E-state index contributed by atoms with van der Waals surface area (Å²) in [4.78, 5) is 12.0. The second kappa shape index (κ2) is 4.94. The third-order valence-corrected chi connectivity index (χ3v) is 4.21. The molecule has 1 amide bonds. The van der Waals surface area contributed by atoms with E-state index in [-0.39, 0.29) is 11.7 Å². The van der Waals surface area contributed by atoms with Crippen molar-refractivity contribution >= 4 is 15.7 Å². The van der Waals surface area contributed by atoms with Crippen LogP contribution in [-0.2, 0) is 14.6 Å². The van der Waals surface area contributed by atoms with Gasteiger partial charge >= 0.3 is 0 Å². The number of rotatable bonds is 5. The molecule has 0 aliphatic heterocycles. The lowest BCUT2D eigenvalue weighted by molar-refractivity contribution is -0.132. The minimum absolute atomic E-state index is 0.0696. The molecule has 0 heterocycles. The van der Waals surface area contributed by atoms with Crippen LogP contribution in [0.3, 0.4) is 0 Å². The summed E-state index contributed by atoms with van der Waals surface area (Å²) in [5, 5.41) is 2.69. The van der Waals surface area contributed by atoms with E-state index in [1.807, 2.05) is 0 Å². The fourth-order valence-electron chi connectivity index (χ4n) is 1.19. The molecule has 0 aliphatic carbocycles. The molecule has 0 bridgehead atoms. The summed E-state index contributed by atoms with van der Waals surface area (Å²) in [5.74, 6) is -0.305. The number of carbonyl (C=O) groups is 1. The molecule has 1 unspecified atom stereocenters. The van der Waals surface area contributed by atoms with Gasteiger partial charge in [-0.25, -0.2) is 8.42 Å². The smallest absolute Gasteiger partial charge is 0.227 e. The summed E-state index contributed by atoms with van der Waals surface area (Å²) in [6.07, 6.45) is 1.15. The molecule has 5 nitrogen and oxygen atoms in total. The Morgan fingerprint density at radius 1 is 1.29 bits per heavy atom. The molecular weight excluding hydrogens is 240 g/mol. The van der Waals surface area contributed by atoms with E-state index in [1.165, 1.54) is 0 Å². The average molecular weight is 264 g/mol. The van der Waals surface area contributed by atoms with E-state index in [4.69, 9.17) is 5.73 Å². The van der Waals surface area contributed by atoms with Crippen LogP contribution < -0.4 is 11.1 Å². The van der Waals surface area contributed by atoms with Gasteiger partial charge in [0.05, 0.1) is 11.2 Å². The average Bonchev–Trinajstić information content (AvgIpc) is 1.97. The number of amides is 1. The molecule has 6 heteroatoms. The molecule has 0 aromatic carbocycles. The predicted molar refractivity (Wildman–Crippen MR) is 69.4 cm³/mol. The number of carbonyl (C=O) groups excluding carboxylic acids is 1. The summed E-state index contributed by atoms with van der Waals surface area (Å²) in [7, 11) is -3.10. The summed E-state index contributed by atoms with van der Waals surface area (Å²) in [5.41, 5.74) is 4.49. The highest BCUT2D eigenvalue weighted by molar-refractivity contribution is 7.90. The summed E-state index contributed by atoms with van der Waals surface area (Å²) in [6.45, 7) is 8.70. The van der Waals surface area contributed by atoms with Crippen LogP contribution in [0.5, 0.6) is 0 Å². The molecule has 0 aromatic rings. The maximum atomic E-state index is 12.0. The van der Waals surface area contributed by atoms with Gasteiger partial charge in [-0.05, 0) is 34.6 Å². The van der Waals surface area contributed by atoms with Crippen molar-refractivity contribution < 1.29 is 13.2 Å². The molecule has 0 radical (unpaired) electrons. The van der Waals surface area contributed by atoms with Gasteiger partial charge in [-0.2, -0.15) is 0 Å². The van der Waals surface area contributed by atoms with Gasteiger partial charge in [-0.3, -0.25) is 4.79 Å². The predicted octanol–water partition coefficient (Wildman–Crippen LogP) is 0.299. The molecular formula is C11H24N2O3S. The first-order chi connectivity index (χ1) is 7.27. The van der Waals surface area contributed by atoms with Crippen molar-refractivity contribution in [1.82, 2.24) is 5.32 Å². The number of nitrogens with two attached hydrogens (primary N) is 1. The van der Waals surface area contributed by atoms with Crippen molar-refractivity contribution in [3.63, 3.8) is 0 Å². The van der Waals surface area contributed by atoms with E-state index >= 15 is 0 Å². The standard InChI is InChI=1S/C11H24N2O3S/c1-8(7-17(6,15)16)13-9(14)10(2,3)11(4,5)12/h8H,7,12H2,1-6H3,(H,13,14). The van der Waals surface area contributed by atoms with Crippen molar-refractivity contribution in [2.75, 3.05) is 12.0 Å². The summed E-state index contributed by atoms with van der Waals surface area (Å²) >= 11 is 0. The quantitative estimate of drug-likeness (QED) is 0.747. The molecule has 0 rings (SSSR count). The monoisotopic (exact) mass is 264 g/mol. The van der Waals surface area contributed by atoms with Gasteiger partial charge in [0, 0.05) is 17.8 Å². The Morgan fingerprint density at radius 2 is 1.71 bits per heavy atom. The van der Waals surface area contributed by atoms with E-state index < -0.39 is 26.8 Å². The first-order valence-electron chi connectivity index (χ1n) is 5.55. The van der Waals surface area contributed by atoms with Gasteiger partial charge in [0.25, 0.3) is 0 Å². The third kappa shape index (κ3) is 5.04. The van der Waals surface area contributed by atoms with Gasteiger partial charge in [-0.1, -0.05) is 0 Å². The molecule has 0 spiro atoms. The van der Waals surface area contributed by atoms with Crippen molar-refractivity contribution in [3.05, 3.63) is 0 Å². The lowest BCUT2D eigenvalue weighted by atomic mass is 9.74. The minimum Gasteiger partial charge on any atom is -0.352 e. The second-order valence-corrected chi connectivity index (χ2v) is 8.00. The zero-order valence-electron chi connectivity index (χ0n) is 11.5. The Labute approximate surface area is 104 Å². The van der Waals surface area contributed by atoms with Crippen LogP contribution in [0.25, 0.3) is 0 Å². The van der Waals surface area contributed by atoms with Gasteiger partial charge in [0.1, 0.15) is 9.84 Å². The lowest BCUT2D eigenvalue weighted by Gasteiger charge is -2.37. The van der Waals surface area contributed by atoms with E-state index in [0.29, 0.717) is 0 Å². The van der Waals surface area contributed by atoms with Crippen LogP contribution in [0.1, 0.15) is 34.6 Å². The van der Waals surface area contributed by atoms with Crippen LogP contribution in [0.4, 0.5) is 0 Å². The number of hydrogen-bond acceptors (Lipinski definition) is 4. The van der Waals surface area contributed by atoms with Crippen LogP contribution in [0.2, 0.25) is 0 Å². The lowest BCUT2D eigenvalue weighted by Crippen LogP contribution is -2.57. The maximum Gasteiger partial charge on any atom is 0.227 e. The van der Waals surface area contributed by atoms with Crippen molar-refractivity contribution in [2.45, 2.75) is 46.2 Å². The molecule has 3 N–H and O–H groups in total. The second-order valence-electron chi connectivity index (χ2n) is 5.81. The molecule has 1 atom stereocenters. The summed E-state index contributed by atoms with van der Waals surface area (Å²) < 4.78 is 22.2. The maximum absolute atomic E-state index is 12.0. The normalized spacial score (nSPS) is 15.5. The minimum atomic E-state index is -3.10. The topological polar surface area (TPSA) is 89.3 Å². The Balaban J connectivity index is 4.67. The van der Waals surface area contributed by atoms with Gasteiger partial charge < -0.3 is 11.1 Å². The van der Waals surface area contributed by atoms with Crippen LogP contribution in [0, 0.1) is 5.41 Å². The Hall–Kier alpha value is -0.620. The summed E-state index contributed by atoms with van der Waals surface area (Å²) in [6, 6.07) is -0.417. The van der Waals surface area contributed by atoms with Gasteiger partial charge in [-0.15, -0.1) is 0 Å². The van der Waals surface area contributed by atoms with E-state index in [9.17, 15) is 13.2 Å². The van der Waals surface area contributed by atoms with Crippen LogP contribution in [-0.4, -0.2) is 37.9 Å². The van der Waals surface area contributed by atoms with Gasteiger partial charge in [0.15, 0.2) is 0 Å². The van der Waals surface area contributed by atoms with Crippen molar-refractivity contribution in [2.24, 2.45) is 11.1 Å². The molecule has 0 aliphatic rings. The highest BCUT2D eigenvalue weighted by Gasteiger charge is 2.40. The largest absolute Gasteiger partial charge is 0.352 e. The van der Waals surface area contributed by atoms with Crippen LogP contribution >= 0.6 is 0 Å². The zero-order chi connectivity index (χ0) is 14.1. The zero-order valence-corrected chi connectivity index (χ0v) is 12.3. The van der Waals surface area contributed by atoms with Gasteiger partial charge in [0.2, 0.25) is 5.91 Å². The first-order valence-corrected chi connectivity index (χ1v) is 7.61.